The van der Waals surface area contributed by atoms with E-state index in [1.165, 1.54) is 0 Å². The van der Waals surface area contributed by atoms with Crippen LogP contribution in [0.25, 0.3) is 0 Å². The fourth-order valence-electron chi connectivity index (χ4n) is 1.54. The summed E-state index contributed by atoms with van der Waals surface area (Å²) in [6.45, 7) is 10.4. The maximum absolute atomic E-state index is 11.2. The minimum atomic E-state index is -0.0389. The molecular weight excluding hydrogens is 214 g/mol. The van der Waals surface area contributed by atoms with E-state index in [-0.39, 0.29) is 5.91 Å². The first kappa shape index (κ1) is 16.1. The standard InChI is InChI=1S/C13H27N3O/c1-6-10-16(15(4)5)11-8-7-9-14-13(17)12(2)3/h2,6-11H2,1,3-5H3,(H,14,17). The zero-order valence-electron chi connectivity index (χ0n) is 11.8. The lowest BCUT2D eigenvalue weighted by Gasteiger charge is -2.28. The zero-order valence-corrected chi connectivity index (χ0v) is 11.8. The molecule has 0 aromatic rings. The van der Waals surface area contributed by atoms with E-state index in [1.54, 1.807) is 6.92 Å². The number of hydrazine groups is 1. The van der Waals surface area contributed by atoms with Crippen LogP contribution >= 0.6 is 0 Å². The van der Waals surface area contributed by atoms with Crippen LogP contribution in [0.2, 0.25) is 0 Å². The fraction of sp³-hybridized carbons (Fsp3) is 0.769. The number of hydrogen-bond acceptors (Lipinski definition) is 3. The first-order chi connectivity index (χ1) is 7.99. The number of rotatable bonds is 9. The molecule has 0 unspecified atom stereocenters. The quantitative estimate of drug-likeness (QED) is 0.379. The first-order valence-corrected chi connectivity index (χ1v) is 6.35. The highest BCUT2D eigenvalue weighted by Gasteiger charge is 2.05. The van der Waals surface area contributed by atoms with Gasteiger partial charge in [-0.3, -0.25) is 4.79 Å². The van der Waals surface area contributed by atoms with Gasteiger partial charge in [-0.2, -0.15) is 0 Å². The number of unbranched alkanes of at least 4 members (excludes halogenated alkanes) is 1. The summed E-state index contributed by atoms with van der Waals surface area (Å²) >= 11 is 0. The van der Waals surface area contributed by atoms with E-state index in [9.17, 15) is 4.79 Å². The molecule has 0 atom stereocenters. The Hall–Kier alpha value is -0.870. The van der Waals surface area contributed by atoms with Crippen molar-refractivity contribution in [2.45, 2.75) is 33.1 Å². The molecule has 17 heavy (non-hydrogen) atoms. The molecule has 0 radical (unpaired) electrons. The lowest BCUT2D eigenvalue weighted by Crippen LogP contribution is -2.38. The molecule has 100 valence electrons. The molecule has 1 N–H and O–H groups in total. The highest BCUT2D eigenvalue weighted by Crippen LogP contribution is 1.98. The number of carbonyl (C=O) groups is 1. The molecule has 0 fully saturated rings. The molecule has 0 aromatic heterocycles. The molecule has 0 aromatic carbocycles. The molecular formula is C13H27N3O. The molecule has 0 saturated heterocycles. The van der Waals surface area contributed by atoms with Crippen LogP contribution in [0.1, 0.15) is 33.1 Å². The van der Waals surface area contributed by atoms with Crippen LogP contribution in [-0.4, -0.2) is 49.7 Å². The van der Waals surface area contributed by atoms with Gasteiger partial charge in [0.25, 0.3) is 0 Å². The molecule has 0 rings (SSSR count). The highest BCUT2D eigenvalue weighted by atomic mass is 16.1. The predicted octanol–water partition coefficient (Wildman–Crippen LogP) is 1.65. The summed E-state index contributed by atoms with van der Waals surface area (Å²) in [7, 11) is 4.14. The van der Waals surface area contributed by atoms with Crippen molar-refractivity contribution < 1.29 is 4.79 Å². The van der Waals surface area contributed by atoms with E-state index in [0.717, 1.165) is 38.9 Å². The molecule has 0 aliphatic heterocycles. The molecule has 0 spiro atoms. The van der Waals surface area contributed by atoms with Crippen molar-refractivity contribution in [3.05, 3.63) is 12.2 Å². The summed E-state index contributed by atoms with van der Waals surface area (Å²) in [5.74, 6) is -0.0389. The molecule has 0 aliphatic carbocycles. The minimum Gasteiger partial charge on any atom is -0.352 e. The van der Waals surface area contributed by atoms with Crippen LogP contribution in [0.5, 0.6) is 0 Å². The molecule has 0 bridgehead atoms. The Balaban J connectivity index is 3.61. The van der Waals surface area contributed by atoms with Crippen LogP contribution < -0.4 is 5.32 Å². The van der Waals surface area contributed by atoms with Crippen molar-refractivity contribution in [2.24, 2.45) is 0 Å². The van der Waals surface area contributed by atoms with Gasteiger partial charge in [0.05, 0.1) is 0 Å². The second-order valence-corrected chi connectivity index (χ2v) is 4.54. The summed E-state index contributed by atoms with van der Waals surface area (Å²) in [6, 6.07) is 0. The lowest BCUT2D eigenvalue weighted by atomic mass is 10.2. The maximum atomic E-state index is 11.2. The molecule has 0 heterocycles. The number of nitrogens with one attached hydrogen (secondary N) is 1. The number of amides is 1. The van der Waals surface area contributed by atoms with E-state index in [1.807, 2.05) is 0 Å². The van der Waals surface area contributed by atoms with Gasteiger partial charge in [-0.05, 0) is 26.2 Å². The van der Waals surface area contributed by atoms with Gasteiger partial charge in [0.1, 0.15) is 0 Å². The van der Waals surface area contributed by atoms with Gasteiger partial charge < -0.3 is 5.32 Å². The van der Waals surface area contributed by atoms with Crippen molar-refractivity contribution >= 4 is 5.91 Å². The summed E-state index contributed by atoms with van der Waals surface area (Å²) < 4.78 is 0. The number of hydrogen-bond donors (Lipinski definition) is 1. The molecule has 1 amide bonds. The van der Waals surface area contributed by atoms with Crippen LogP contribution in [0, 0.1) is 0 Å². The third-order valence-corrected chi connectivity index (χ3v) is 2.56. The van der Waals surface area contributed by atoms with Crippen molar-refractivity contribution in [1.29, 1.82) is 0 Å². The maximum Gasteiger partial charge on any atom is 0.246 e. The zero-order chi connectivity index (χ0) is 13.3. The van der Waals surface area contributed by atoms with E-state index in [0.29, 0.717) is 5.57 Å². The Morgan fingerprint density at radius 1 is 1.24 bits per heavy atom. The van der Waals surface area contributed by atoms with Crippen molar-refractivity contribution in [2.75, 3.05) is 33.7 Å². The van der Waals surface area contributed by atoms with E-state index in [4.69, 9.17) is 0 Å². The minimum absolute atomic E-state index is 0.0389. The second kappa shape index (κ2) is 9.19. The third kappa shape index (κ3) is 7.94. The third-order valence-electron chi connectivity index (χ3n) is 2.56. The van der Waals surface area contributed by atoms with Gasteiger partial charge in [0.2, 0.25) is 5.91 Å². The Labute approximate surface area is 106 Å². The van der Waals surface area contributed by atoms with Crippen molar-refractivity contribution in [3.63, 3.8) is 0 Å². The lowest BCUT2D eigenvalue weighted by molar-refractivity contribution is -0.117. The Morgan fingerprint density at radius 3 is 2.35 bits per heavy atom. The Morgan fingerprint density at radius 2 is 1.88 bits per heavy atom. The van der Waals surface area contributed by atoms with E-state index in [2.05, 4.69) is 42.9 Å². The smallest absolute Gasteiger partial charge is 0.246 e. The summed E-state index contributed by atoms with van der Waals surface area (Å²) in [6.07, 6.45) is 3.26. The topological polar surface area (TPSA) is 35.6 Å². The van der Waals surface area contributed by atoms with Gasteiger partial charge in [0.15, 0.2) is 0 Å². The molecule has 0 aliphatic rings. The first-order valence-electron chi connectivity index (χ1n) is 6.35. The average Bonchev–Trinajstić information content (AvgIpc) is 2.26. The van der Waals surface area contributed by atoms with Crippen LogP contribution in [-0.2, 0) is 4.79 Å². The largest absolute Gasteiger partial charge is 0.352 e. The van der Waals surface area contributed by atoms with Crippen molar-refractivity contribution in [3.8, 4) is 0 Å². The van der Waals surface area contributed by atoms with Gasteiger partial charge in [-0.15, -0.1) is 0 Å². The van der Waals surface area contributed by atoms with E-state index < -0.39 is 0 Å². The van der Waals surface area contributed by atoms with Crippen molar-refractivity contribution in [1.82, 2.24) is 15.3 Å². The Kier molecular flexibility index (Phi) is 8.72. The SMILES string of the molecule is C=C(C)C(=O)NCCCCN(CCC)N(C)C. The van der Waals surface area contributed by atoms with Crippen LogP contribution in [0.3, 0.4) is 0 Å². The predicted molar refractivity (Wildman–Crippen MR) is 72.6 cm³/mol. The van der Waals surface area contributed by atoms with Gasteiger partial charge >= 0.3 is 0 Å². The number of carbonyl (C=O) groups excluding carboxylic acids is 1. The van der Waals surface area contributed by atoms with E-state index >= 15 is 0 Å². The van der Waals surface area contributed by atoms with Crippen LogP contribution in [0.4, 0.5) is 0 Å². The summed E-state index contributed by atoms with van der Waals surface area (Å²) in [4.78, 5) is 11.2. The normalized spacial score (nSPS) is 10.9. The molecule has 0 saturated carbocycles. The monoisotopic (exact) mass is 241 g/mol. The second-order valence-electron chi connectivity index (χ2n) is 4.54. The summed E-state index contributed by atoms with van der Waals surface area (Å²) in [5, 5.41) is 7.30. The van der Waals surface area contributed by atoms with Gasteiger partial charge in [-0.25, -0.2) is 10.0 Å². The highest BCUT2D eigenvalue weighted by molar-refractivity contribution is 5.91. The van der Waals surface area contributed by atoms with Crippen LogP contribution in [0.15, 0.2) is 12.2 Å². The molecule has 4 heteroatoms. The van der Waals surface area contributed by atoms with Gasteiger partial charge in [0, 0.05) is 39.3 Å². The Bertz CT molecular complexity index is 239. The number of nitrogens with zero attached hydrogens (tertiary/aromatic N) is 2. The summed E-state index contributed by atoms with van der Waals surface area (Å²) in [5.41, 5.74) is 0.575. The van der Waals surface area contributed by atoms with Gasteiger partial charge in [-0.1, -0.05) is 13.5 Å². The molecule has 4 nitrogen and oxygen atoms in total. The average molecular weight is 241 g/mol. The fourth-order valence-corrected chi connectivity index (χ4v) is 1.54.